The van der Waals surface area contributed by atoms with Crippen LogP contribution < -0.4 is 11.3 Å². The van der Waals surface area contributed by atoms with E-state index in [1.54, 1.807) is 40.0 Å². The molecule has 120 valence electrons. The third-order valence-corrected chi connectivity index (χ3v) is 3.51. The van der Waals surface area contributed by atoms with Crippen LogP contribution in [0.2, 0.25) is 0 Å². The SMILES string of the molecule is Cn1c2c(cnc3c(N)cccc32)c(=O)n1C(=O)OC(C)(C)C. The van der Waals surface area contributed by atoms with Crippen LogP contribution in [-0.2, 0) is 11.8 Å². The van der Waals surface area contributed by atoms with E-state index in [2.05, 4.69) is 4.98 Å². The van der Waals surface area contributed by atoms with Gasteiger partial charge in [-0.25, -0.2) is 4.79 Å². The second kappa shape index (κ2) is 4.84. The summed E-state index contributed by atoms with van der Waals surface area (Å²) in [7, 11) is 1.64. The maximum Gasteiger partial charge on any atom is 0.436 e. The van der Waals surface area contributed by atoms with E-state index in [0.29, 0.717) is 27.5 Å². The molecule has 0 bridgehead atoms. The second-order valence-electron chi connectivity index (χ2n) is 6.38. The van der Waals surface area contributed by atoms with Crippen molar-refractivity contribution in [3.05, 3.63) is 34.7 Å². The van der Waals surface area contributed by atoms with E-state index in [-0.39, 0.29) is 0 Å². The number of rotatable bonds is 0. The zero-order chi connectivity index (χ0) is 16.9. The average molecular weight is 314 g/mol. The predicted octanol–water partition coefficient (Wildman–Crippen LogP) is 2.25. The molecule has 23 heavy (non-hydrogen) atoms. The fraction of sp³-hybridized carbons (Fsp3) is 0.312. The topological polar surface area (TPSA) is 92.1 Å². The van der Waals surface area contributed by atoms with E-state index in [1.165, 1.54) is 10.9 Å². The van der Waals surface area contributed by atoms with Crippen LogP contribution >= 0.6 is 0 Å². The molecule has 0 aliphatic rings. The molecule has 0 spiro atoms. The van der Waals surface area contributed by atoms with Crippen LogP contribution in [0, 0.1) is 0 Å². The molecule has 0 amide bonds. The van der Waals surface area contributed by atoms with E-state index >= 15 is 0 Å². The number of aromatic nitrogens is 3. The van der Waals surface area contributed by atoms with Crippen molar-refractivity contribution in [3.63, 3.8) is 0 Å². The monoisotopic (exact) mass is 314 g/mol. The molecule has 0 saturated carbocycles. The lowest BCUT2D eigenvalue weighted by Gasteiger charge is -2.19. The number of nitrogens with zero attached hydrogens (tertiary/aromatic N) is 3. The Morgan fingerprint density at radius 2 is 1.96 bits per heavy atom. The molecular weight excluding hydrogens is 296 g/mol. The van der Waals surface area contributed by atoms with Gasteiger partial charge in [0.25, 0.3) is 5.56 Å². The summed E-state index contributed by atoms with van der Waals surface area (Å²) >= 11 is 0. The van der Waals surface area contributed by atoms with E-state index in [0.717, 1.165) is 4.68 Å². The minimum absolute atomic E-state index is 0.344. The highest BCUT2D eigenvalue weighted by molar-refractivity contribution is 6.07. The van der Waals surface area contributed by atoms with Crippen molar-refractivity contribution in [1.29, 1.82) is 0 Å². The quantitative estimate of drug-likeness (QED) is 0.642. The van der Waals surface area contributed by atoms with Crippen LogP contribution in [0.5, 0.6) is 0 Å². The van der Waals surface area contributed by atoms with Gasteiger partial charge < -0.3 is 10.5 Å². The molecule has 0 fully saturated rings. The lowest BCUT2D eigenvalue weighted by atomic mass is 10.1. The van der Waals surface area contributed by atoms with Crippen molar-refractivity contribution in [1.82, 2.24) is 14.3 Å². The van der Waals surface area contributed by atoms with Gasteiger partial charge in [0.2, 0.25) is 0 Å². The van der Waals surface area contributed by atoms with Crippen LogP contribution in [0.15, 0.2) is 29.2 Å². The summed E-state index contributed by atoms with van der Waals surface area (Å²) in [5, 5.41) is 1.06. The molecule has 2 heterocycles. The molecule has 1 aromatic carbocycles. The molecule has 0 saturated heterocycles. The Morgan fingerprint density at radius 3 is 2.61 bits per heavy atom. The molecule has 0 unspecified atom stereocenters. The van der Waals surface area contributed by atoms with Gasteiger partial charge in [-0.05, 0) is 26.8 Å². The standard InChI is InChI=1S/C16H18N4O3/c1-16(2,3)23-15(22)20-14(21)10-8-18-12-9(13(10)19(20)4)6-5-7-11(12)17/h5-8H,17H2,1-4H3. The Bertz CT molecular complexity index is 992. The summed E-state index contributed by atoms with van der Waals surface area (Å²) in [5.74, 6) is 0. The van der Waals surface area contributed by atoms with Crippen molar-refractivity contribution in [2.75, 3.05) is 5.73 Å². The van der Waals surface area contributed by atoms with E-state index < -0.39 is 17.3 Å². The number of nitrogen functional groups attached to an aromatic ring is 1. The van der Waals surface area contributed by atoms with Gasteiger partial charge in [0.05, 0.1) is 22.1 Å². The Morgan fingerprint density at radius 1 is 1.26 bits per heavy atom. The summed E-state index contributed by atoms with van der Waals surface area (Å²) in [6, 6.07) is 5.35. The third kappa shape index (κ3) is 2.34. The zero-order valence-electron chi connectivity index (χ0n) is 13.5. The molecule has 0 atom stereocenters. The van der Waals surface area contributed by atoms with Crippen LogP contribution in [0.4, 0.5) is 10.5 Å². The van der Waals surface area contributed by atoms with Gasteiger partial charge in [0.1, 0.15) is 5.60 Å². The number of para-hydroxylation sites is 1. The highest BCUT2D eigenvalue weighted by atomic mass is 16.6. The number of anilines is 1. The summed E-state index contributed by atoms with van der Waals surface area (Å²) in [5.41, 5.74) is 6.48. The smallest absolute Gasteiger partial charge is 0.436 e. The number of pyridine rings is 1. The Kier molecular flexibility index (Phi) is 3.17. The average Bonchev–Trinajstić information content (AvgIpc) is 2.69. The van der Waals surface area contributed by atoms with Crippen molar-refractivity contribution in [3.8, 4) is 0 Å². The van der Waals surface area contributed by atoms with Gasteiger partial charge in [0, 0.05) is 18.6 Å². The number of fused-ring (bicyclic) bond motifs is 3. The number of aryl methyl sites for hydroxylation is 1. The van der Waals surface area contributed by atoms with Gasteiger partial charge >= 0.3 is 6.09 Å². The van der Waals surface area contributed by atoms with Gasteiger partial charge in [-0.3, -0.25) is 14.5 Å². The number of carbonyl (C=O) groups excluding carboxylic acids is 1. The van der Waals surface area contributed by atoms with Crippen LogP contribution in [-0.4, -0.2) is 26.0 Å². The van der Waals surface area contributed by atoms with E-state index in [9.17, 15) is 9.59 Å². The number of ether oxygens (including phenoxy) is 1. The number of hydrogen-bond acceptors (Lipinski definition) is 5. The first kappa shape index (κ1) is 15.1. The van der Waals surface area contributed by atoms with Crippen molar-refractivity contribution in [2.45, 2.75) is 26.4 Å². The highest BCUT2D eigenvalue weighted by Gasteiger charge is 2.24. The Labute approximate surface area is 132 Å². The first-order valence-electron chi connectivity index (χ1n) is 7.19. The van der Waals surface area contributed by atoms with Crippen molar-refractivity contribution in [2.24, 2.45) is 7.05 Å². The fourth-order valence-corrected chi connectivity index (χ4v) is 2.60. The van der Waals surface area contributed by atoms with Gasteiger partial charge in [-0.2, -0.15) is 0 Å². The summed E-state index contributed by atoms with van der Waals surface area (Å²) in [4.78, 5) is 29.2. The first-order chi connectivity index (χ1) is 10.7. The molecule has 0 aliphatic carbocycles. The number of carbonyl (C=O) groups is 1. The molecule has 0 aliphatic heterocycles. The lowest BCUT2D eigenvalue weighted by molar-refractivity contribution is 0.0491. The largest absolute Gasteiger partial charge is 0.442 e. The highest BCUT2D eigenvalue weighted by Crippen LogP contribution is 2.25. The minimum Gasteiger partial charge on any atom is -0.442 e. The van der Waals surface area contributed by atoms with Crippen molar-refractivity contribution < 1.29 is 9.53 Å². The number of hydrogen-bond donors (Lipinski definition) is 1. The Balaban J connectivity index is 2.34. The summed E-state index contributed by atoms with van der Waals surface area (Å²) in [6.45, 7) is 5.24. The molecule has 3 rings (SSSR count). The maximum atomic E-state index is 12.6. The third-order valence-electron chi connectivity index (χ3n) is 3.51. The molecule has 3 aromatic rings. The van der Waals surface area contributed by atoms with Gasteiger partial charge in [0.15, 0.2) is 0 Å². The van der Waals surface area contributed by atoms with Gasteiger partial charge in [-0.15, -0.1) is 4.68 Å². The van der Waals surface area contributed by atoms with Gasteiger partial charge in [-0.1, -0.05) is 12.1 Å². The fourth-order valence-electron chi connectivity index (χ4n) is 2.60. The van der Waals surface area contributed by atoms with Crippen LogP contribution in [0.25, 0.3) is 21.8 Å². The van der Waals surface area contributed by atoms with Crippen LogP contribution in [0.1, 0.15) is 20.8 Å². The second-order valence-corrected chi connectivity index (χ2v) is 6.38. The maximum absolute atomic E-state index is 12.6. The summed E-state index contributed by atoms with van der Waals surface area (Å²) < 4.78 is 7.76. The number of benzene rings is 1. The molecule has 2 aromatic heterocycles. The normalized spacial score (nSPS) is 12.0. The number of nitrogens with two attached hydrogens (primary N) is 1. The molecule has 0 radical (unpaired) electrons. The van der Waals surface area contributed by atoms with Crippen LogP contribution in [0.3, 0.4) is 0 Å². The molecule has 7 nitrogen and oxygen atoms in total. The van der Waals surface area contributed by atoms with E-state index in [4.69, 9.17) is 10.5 Å². The lowest BCUT2D eigenvalue weighted by Crippen LogP contribution is -2.35. The molecule has 2 N–H and O–H groups in total. The molecular formula is C16H18N4O3. The van der Waals surface area contributed by atoms with E-state index in [1.807, 2.05) is 6.07 Å². The Hall–Kier alpha value is -2.83. The minimum atomic E-state index is -0.724. The molecule has 7 heteroatoms. The first-order valence-corrected chi connectivity index (χ1v) is 7.19. The predicted molar refractivity (Wildman–Crippen MR) is 88.5 cm³/mol. The zero-order valence-corrected chi connectivity index (χ0v) is 13.5. The van der Waals surface area contributed by atoms with Crippen molar-refractivity contribution >= 4 is 33.6 Å². The summed E-state index contributed by atoms with van der Waals surface area (Å²) in [6.07, 6.45) is 0.718.